The summed E-state index contributed by atoms with van der Waals surface area (Å²) < 4.78 is 10.7. The Balaban J connectivity index is 1.39. The number of carbonyl (C=O) groups excluding carboxylic acids is 1. The van der Waals surface area contributed by atoms with Crippen LogP contribution >= 0.6 is 0 Å². The minimum Gasteiger partial charge on any atom is -0.497 e. The fraction of sp³-hybridized carbons (Fsp3) is 0.333. The third kappa shape index (κ3) is 4.86. The van der Waals surface area contributed by atoms with Crippen molar-refractivity contribution in [3.05, 3.63) is 54.1 Å². The van der Waals surface area contributed by atoms with Gasteiger partial charge in [0.25, 0.3) is 0 Å². The summed E-state index contributed by atoms with van der Waals surface area (Å²) in [7, 11) is 1.62. The van der Waals surface area contributed by atoms with Crippen molar-refractivity contribution in [2.24, 2.45) is 0 Å². The van der Waals surface area contributed by atoms with Crippen LogP contribution in [0.15, 0.2) is 48.5 Å². The number of carbonyl (C=O) groups is 1. The van der Waals surface area contributed by atoms with Crippen LogP contribution in [0.5, 0.6) is 11.5 Å². The number of para-hydroxylation sites is 1. The number of hydrogen-bond donors (Lipinski definition) is 1. The van der Waals surface area contributed by atoms with Crippen LogP contribution in [0, 0.1) is 11.3 Å². The Labute approximate surface area is 165 Å². The molecule has 1 saturated heterocycles. The quantitative estimate of drug-likeness (QED) is 0.779. The summed E-state index contributed by atoms with van der Waals surface area (Å²) in [6.07, 6.45) is 0. The van der Waals surface area contributed by atoms with E-state index in [1.807, 2.05) is 48.5 Å². The normalized spacial score (nSPS) is 13.6. The summed E-state index contributed by atoms with van der Waals surface area (Å²) in [5, 5.41) is 12.1. The third-order valence-electron chi connectivity index (χ3n) is 4.64. The van der Waals surface area contributed by atoms with Crippen LogP contribution in [0.3, 0.4) is 0 Å². The molecule has 0 atom stereocenters. The van der Waals surface area contributed by atoms with Crippen LogP contribution < -0.4 is 19.7 Å². The van der Waals surface area contributed by atoms with Crippen LogP contribution in [0.2, 0.25) is 0 Å². The van der Waals surface area contributed by atoms with Crippen molar-refractivity contribution in [1.82, 2.24) is 10.2 Å². The number of nitrogens with zero attached hydrogens (tertiary/aromatic N) is 3. The molecule has 2 aromatic carbocycles. The number of amides is 2. The number of rotatable bonds is 6. The number of methoxy groups -OCH3 is 1. The molecule has 0 saturated carbocycles. The third-order valence-corrected chi connectivity index (χ3v) is 4.64. The van der Waals surface area contributed by atoms with Crippen molar-refractivity contribution in [2.75, 3.05) is 51.3 Å². The number of benzene rings is 2. The summed E-state index contributed by atoms with van der Waals surface area (Å²) in [5.74, 6) is 1.51. The van der Waals surface area contributed by atoms with Gasteiger partial charge in [-0.3, -0.25) is 0 Å². The van der Waals surface area contributed by atoms with Gasteiger partial charge in [-0.15, -0.1) is 0 Å². The summed E-state index contributed by atoms with van der Waals surface area (Å²) in [5.41, 5.74) is 1.59. The Morgan fingerprint density at radius 3 is 2.43 bits per heavy atom. The second kappa shape index (κ2) is 9.51. The first-order valence-corrected chi connectivity index (χ1v) is 9.25. The maximum absolute atomic E-state index is 12.3. The van der Waals surface area contributed by atoms with Crippen molar-refractivity contribution < 1.29 is 14.3 Å². The van der Waals surface area contributed by atoms with Gasteiger partial charge in [-0.05, 0) is 36.4 Å². The fourth-order valence-corrected chi connectivity index (χ4v) is 3.10. The van der Waals surface area contributed by atoms with Crippen LogP contribution in [-0.2, 0) is 0 Å². The van der Waals surface area contributed by atoms with Gasteiger partial charge in [0, 0.05) is 26.2 Å². The number of nitrogens with one attached hydrogen (secondary N) is 1. The van der Waals surface area contributed by atoms with Crippen molar-refractivity contribution in [3.8, 4) is 17.6 Å². The molecule has 2 aromatic rings. The van der Waals surface area contributed by atoms with Crippen LogP contribution in [0.4, 0.5) is 10.5 Å². The molecule has 0 radical (unpaired) electrons. The second-order valence-electron chi connectivity index (χ2n) is 6.36. The summed E-state index contributed by atoms with van der Waals surface area (Å²) in [6, 6.07) is 17.0. The lowest BCUT2D eigenvalue weighted by Gasteiger charge is -2.36. The molecule has 28 heavy (non-hydrogen) atoms. The average molecular weight is 380 g/mol. The molecule has 0 unspecified atom stereocenters. The van der Waals surface area contributed by atoms with E-state index in [9.17, 15) is 10.1 Å². The van der Waals surface area contributed by atoms with Gasteiger partial charge < -0.3 is 24.6 Å². The van der Waals surface area contributed by atoms with E-state index >= 15 is 0 Å². The topological polar surface area (TPSA) is 77.8 Å². The van der Waals surface area contributed by atoms with Gasteiger partial charge in [0.2, 0.25) is 0 Å². The molecular formula is C21H24N4O3. The van der Waals surface area contributed by atoms with Crippen molar-refractivity contribution in [1.29, 1.82) is 5.26 Å². The van der Waals surface area contributed by atoms with Crippen LogP contribution in [-0.4, -0.2) is 57.4 Å². The minimum atomic E-state index is -0.0912. The predicted molar refractivity (Wildman–Crippen MR) is 107 cm³/mol. The highest BCUT2D eigenvalue weighted by atomic mass is 16.5. The van der Waals surface area contributed by atoms with E-state index < -0.39 is 0 Å². The highest BCUT2D eigenvalue weighted by molar-refractivity contribution is 5.74. The average Bonchev–Trinajstić information content (AvgIpc) is 2.77. The van der Waals surface area contributed by atoms with Gasteiger partial charge in [-0.25, -0.2) is 4.79 Å². The predicted octanol–water partition coefficient (Wildman–Crippen LogP) is 2.48. The van der Waals surface area contributed by atoms with E-state index in [0.717, 1.165) is 17.2 Å². The van der Waals surface area contributed by atoms with E-state index in [4.69, 9.17) is 9.47 Å². The molecule has 0 aliphatic carbocycles. The first kappa shape index (κ1) is 19.4. The monoisotopic (exact) mass is 380 g/mol. The standard InChI is InChI=1S/C21H24N4O3/c1-27-18-6-8-19(9-7-18)28-15-10-23-21(26)25-13-11-24(12-14-25)20-5-3-2-4-17(20)16-22/h2-9H,10-15H2,1H3,(H,23,26). The van der Waals surface area contributed by atoms with Gasteiger partial charge in [0.1, 0.15) is 24.2 Å². The highest BCUT2D eigenvalue weighted by Gasteiger charge is 2.22. The molecule has 0 spiro atoms. The summed E-state index contributed by atoms with van der Waals surface area (Å²) in [6.45, 7) is 3.47. The highest BCUT2D eigenvalue weighted by Crippen LogP contribution is 2.21. The SMILES string of the molecule is COc1ccc(OCCNC(=O)N2CCN(c3ccccc3C#N)CC2)cc1. The van der Waals surface area contributed by atoms with Crippen molar-refractivity contribution in [2.45, 2.75) is 0 Å². The van der Waals surface area contributed by atoms with Crippen LogP contribution in [0.1, 0.15) is 5.56 Å². The summed E-state index contributed by atoms with van der Waals surface area (Å²) in [4.78, 5) is 16.3. The van der Waals surface area contributed by atoms with Crippen molar-refractivity contribution in [3.63, 3.8) is 0 Å². The molecule has 1 fully saturated rings. The Morgan fingerprint density at radius 2 is 1.75 bits per heavy atom. The zero-order valence-corrected chi connectivity index (χ0v) is 15.9. The molecule has 1 heterocycles. The molecule has 146 valence electrons. The molecular weight excluding hydrogens is 356 g/mol. The maximum atomic E-state index is 12.3. The Bertz CT molecular complexity index is 824. The zero-order chi connectivity index (χ0) is 19.8. The zero-order valence-electron chi connectivity index (χ0n) is 15.9. The fourth-order valence-electron chi connectivity index (χ4n) is 3.10. The smallest absolute Gasteiger partial charge is 0.317 e. The molecule has 1 aliphatic heterocycles. The first-order valence-electron chi connectivity index (χ1n) is 9.25. The molecule has 0 bridgehead atoms. The molecule has 0 aromatic heterocycles. The largest absolute Gasteiger partial charge is 0.497 e. The Kier molecular flexibility index (Phi) is 6.58. The molecule has 3 rings (SSSR count). The summed E-state index contributed by atoms with van der Waals surface area (Å²) >= 11 is 0. The molecule has 1 aliphatic rings. The number of piperazine rings is 1. The molecule has 1 N–H and O–H groups in total. The van der Waals surface area contributed by atoms with Crippen molar-refractivity contribution >= 4 is 11.7 Å². The number of hydrogen-bond acceptors (Lipinski definition) is 5. The number of nitriles is 1. The van der Waals surface area contributed by atoms with Gasteiger partial charge in [-0.1, -0.05) is 12.1 Å². The lowest BCUT2D eigenvalue weighted by atomic mass is 10.1. The van der Waals surface area contributed by atoms with Gasteiger partial charge in [-0.2, -0.15) is 5.26 Å². The minimum absolute atomic E-state index is 0.0912. The van der Waals surface area contributed by atoms with Gasteiger partial charge in [0.05, 0.1) is 24.9 Å². The van der Waals surface area contributed by atoms with E-state index in [1.165, 1.54) is 0 Å². The first-order chi connectivity index (χ1) is 13.7. The van der Waals surface area contributed by atoms with Gasteiger partial charge in [0.15, 0.2) is 0 Å². The van der Waals surface area contributed by atoms with E-state index in [0.29, 0.717) is 44.9 Å². The van der Waals surface area contributed by atoms with Crippen LogP contribution in [0.25, 0.3) is 0 Å². The molecule has 2 amide bonds. The Hall–Kier alpha value is -3.40. The van der Waals surface area contributed by atoms with E-state index in [-0.39, 0.29) is 6.03 Å². The Morgan fingerprint density at radius 1 is 1.07 bits per heavy atom. The second-order valence-corrected chi connectivity index (χ2v) is 6.36. The number of urea groups is 1. The number of anilines is 1. The molecule has 7 nitrogen and oxygen atoms in total. The van der Waals surface area contributed by atoms with E-state index in [2.05, 4.69) is 16.3 Å². The lowest BCUT2D eigenvalue weighted by Crippen LogP contribution is -2.52. The number of ether oxygens (including phenoxy) is 2. The molecule has 7 heteroatoms. The lowest BCUT2D eigenvalue weighted by molar-refractivity contribution is 0.191. The van der Waals surface area contributed by atoms with E-state index in [1.54, 1.807) is 12.0 Å². The van der Waals surface area contributed by atoms with Gasteiger partial charge >= 0.3 is 6.03 Å². The maximum Gasteiger partial charge on any atom is 0.317 e.